The molecule has 0 aliphatic carbocycles. The van der Waals surface area contributed by atoms with E-state index in [4.69, 9.17) is 9.73 Å². The lowest BCUT2D eigenvalue weighted by molar-refractivity contribution is 0.0507. The third-order valence-corrected chi connectivity index (χ3v) is 4.85. The maximum absolute atomic E-state index is 12.0. The van der Waals surface area contributed by atoms with E-state index in [0.29, 0.717) is 13.1 Å². The number of carbonyl (C=O) groups is 1. The van der Waals surface area contributed by atoms with Gasteiger partial charge in [-0.15, -0.1) is 24.0 Å². The maximum atomic E-state index is 12.0. The second-order valence-electron chi connectivity index (χ2n) is 8.44. The molecule has 1 fully saturated rings. The molecule has 0 radical (unpaired) electrons. The van der Waals surface area contributed by atoms with Crippen LogP contribution in [0.25, 0.3) is 0 Å². The minimum absolute atomic E-state index is 0. The van der Waals surface area contributed by atoms with E-state index in [9.17, 15) is 4.79 Å². The number of aliphatic imine (C=N–C) groups is 1. The fraction of sp³-hybridized carbons (Fsp3) is 0.682. The van der Waals surface area contributed by atoms with E-state index in [2.05, 4.69) is 58.3 Å². The van der Waals surface area contributed by atoms with Crippen molar-refractivity contribution in [3.8, 4) is 0 Å². The number of ether oxygens (including phenoxy) is 1. The van der Waals surface area contributed by atoms with Gasteiger partial charge in [-0.25, -0.2) is 14.8 Å². The summed E-state index contributed by atoms with van der Waals surface area (Å²) < 4.78 is 5.37. The quantitative estimate of drug-likeness (QED) is 0.309. The Balaban J connectivity index is 0.00000480. The zero-order valence-corrected chi connectivity index (χ0v) is 22.1. The number of hydrogen-bond donors (Lipinski definition) is 2. The second-order valence-corrected chi connectivity index (χ2v) is 8.44. The van der Waals surface area contributed by atoms with E-state index in [0.717, 1.165) is 49.9 Å². The first-order chi connectivity index (χ1) is 14.3. The van der Waals surface area contributed by atoms with Gasteiger partial charge in [0.2, 0.25) is 0 Å². The fourth-order valence-electron chi connectivity index (χ4n) is 3.38. The number of alkyl carbamates (subject to hydrolysis) is 1. The lowest BCUT2D eigenvalue weighted by Gasteiger charge is -2.23. The van der Waals surface area contributed by atoms with Crippen LogP contribution >= 0.6 is 24.0 Å². The molecule has 1 amide bonds. The molecule has 1 aromatic rings. The first-order valence-electron chi connectivity index (χ1n) is 11.0. The number of anilines is 1. The van der Waals surface area contributed by atoms with Gasteiger partial charge < -0.3 is 25.2 Å². The molecule has 1 aromatic heterocycles. The van der Waals surface area contributed by atoms with Crippen molar-refractivity contribution in [2.24, 2.45) is 4.99 Å². The van der Waals surface area contributed by atoms with Crippen molar-refractivity contribution in [3.63, 3.8) is 0 Å². The Bertz CT molecular complexity index is 701. The highest BCUT2D eigenvalue weighted by Crippen LogP contribution is 2.14. The van der Waals surface area contributed by atoms with E-state index in [1.54, 1.807) is 0 Å². The first kappa shape index (κ1) is 27.3. The maximum Gasteiger partial charge on any atom is 0.407 e. The number of nitrogens with zero attached hydrogens (tertiary/aromatic N) is 4. The fourth-order valence-corrected chi connectivity index (χ4v) is 3.38. The van der Waals surface area contributed by atoms with Crippen LogP contribution in [0.15, 0.2) is 23.3 Å². The van der Waals surface area contributed by atoms with E-state index < -0.39 is 5.60 Å². The molecule has 31 heavy (non-hydrogen) atoms. The van der Waals surface area contributed by atoms with Crippen LogP contribution in [0.4, 0.5) is 10.6 Å². The van der Waals surface area contributed by atoms with Crippen molar-refractivity contribution in [2.45, 2.75) is 66.2 Å². The normalized spacial score (nSPS) is 16.5. The number of pyridine rings is 1. The number of amides is 1. The molecule has 2 N–H and O–H groups in total. The average molecular weight is 546 g/mol. The summed E-state index contributed by atoms with van der Waals surface area (Å²) in [5.74, 6) is 1.86. The van der Waals surface area contributed by atoms with Crippen LogP contribution in [0.3, 0.4) is 0 Å². The number of hydrogen-bond acceptors (Lipinski definition) is 5. The number of guanidine groups is 1. The molecule has 1 atom stereocenters. The highest BCUT2D eigenvalue weighted by Gasteiger charge is 2.27. The number of rotatable bonds is 7. The van der Waals surface area contributed by atoms with Gasteiger partial charge in [0.15, 0.2) is 5.96 Å². The zero-order chi connectivity index (χ0) is 22.1. The van der Waals surface area contributed by atoms with Gasteiger partial charge in [-0.2, -0.15) is 0 Å². The molecule has 0 bridgehead atoms. The van der Waals surface area contributed by atoms with Gasteiger partial charge in [-0.1, -0.05) is 6.07 Å². The Hall–Kier alpha value is -1.78. The van der Waals surface area contributed by atoms with Crippen LogP contribution in [0.2, 0.25) is 0 Å². The van der Waals surface area contributed by atoms with E-state index >= 15 is 0 Å². The molecule has 0 saturated carbocycles. The van der Waals surface area contributed by atoms with E-state index in [1.165, 1.54) is 0 Å². The molecule has 9 heteroatoms. The van der Waals surface area contributed by atoms with Gasteiger partial charge in [-0.05, 0) is 59.6 Å². The Morgan fingerprint density at radius 3 is 2.55 bits per heavy atom. The molecule has 1 aliphatic heterocycles. The largest absolute Gasteiger partial charge is 0.444 e. The van der Waals surface area contributed by atoms with E-state index in [1.807, 2.05) is 27.0 Å². The van der Waals surface area contributed by atoms with Crippen molar-refractivity contribution in [3.05, 3.63) is 23.9 Å². The van der Waals surface area contributed by atoms with E-state index in [-0.39, 0.29) is 36.1 Å². The minimum Gasteiger partial charge on any atom is -0.444 e. The highest BCUT2D eigenvalue weighted by atomic mass is 127. The summed E-state index contributed by atoms with van der Waals surface area (Å²) >= 11 is 0. The van der Waals surface area contributed by atoms with Crippen LogP contribution in [0, 0.1) is 0 Å². The van der Waals surface area contributed by atoms with Gasteiger partial charge in [0.1, 0.15) is 11.4 Å². The summed E-state index contributed by atoms with van der Waals surface area (Å²) in [6.45, 7) is 16.7. The lowest BCUT2D eigenvalue weighted by Crippen LogP contribution is -2.44. The zero-order valence-electron chi connectivity index (χ0n) is 19.8. The van der Waals surface area contributed by atoms with Gasteiger partial charge >= 0.3 is 6.09 Å². The Kier molecular flexibility index (Phi) is 11.4. The number of aromatic nitrogens is 1. The monoisotopic (exact) mass is 546 g/mol. The predicted molar refractivity (Wildman–Crippen MR) is 137 cm³/mol. The Morgan fingerprint density at radius 2 is 2.00 bits per heavy atom. The molecule has 1 aliphatic rings. The standard InChI is InChI=1S/C22H38N6O2.HI/c1-7-23-20(25-15-17-10-11-19(24-14-17)27(8-2)9-3)28-13-12-18(16-28)26-21(29)30-22(4,5)6;/h10-11,14,18H,7-9,12-13,15-16H2,1-6H3,(H,23,25)(H,26,29);1H. The molecule has 8 nitrogen and oxygen atoms in total. The summed E-state index contributed by atoms with van der Waals surface area (Å²) in [5, 5.41) is 6.32. The molecule has 2 heterocycles. The summed E-state index contributed by atoms with van der Waals surface area (Å²) in [7, 11) is 0. The molecule has 1 unspecified atom stereocenters. The number of halogens is 1. The predicted octanol–water partition coefficient (Wildman–Crippen LogP) is 3.61. The molecule has 176 valence electrons. The highest BCUT2D eigenvalue weighted by molar-refractivity contribution is 14.0. The van der Waals surface area contributed by atoms with Crippen molar-refractivity contribution in [1.82, 2.24) is 20.5 Å². The molecule has 1 saturated heterocycles. The van der Waals surface area contributed by atoms with Crippen molar-refractivity contribution >= 4 is 41.8 Å². The van der Waals surface area contributed by atoms with Crippen molar-refractivity contribution in [2.75, 3.05) is 37.6 Å². The summed E-state index contributed by atoms with van der Waals surface area (Å²) in [6.07, 6.45) is 2.40. The van der Waals surface area contributed by atoms with Gasteiger partial charge in [0, 0.05) is 38.9 Å². The molecule has 0 spiro atoms. The average Bonchev–Trinajstić information content (AvgIpc) is 3.13. The van der Waals surface area contributed by atoms with Gasteiger partial charge in [-0.3, -0.25) is 0 Å². The first-order valence-corrected chi connectivity index (χ1v) is 11.0. The lowest BCUT2D eigenvalue weighted by atomic mass is 10.2. The second kappa shape index (κ2) is 12.9. The van der Waals surface area contributed by atoms with Crippen molar-refractivity contribution < 1.29 is 9.53 Å². The number of carbonyl (C=O) groups excluding carboxylic acids is 1. The molecular weight excluding hydrogens is 507 g/mol. The van der Waals surface area contributed by atoms with Crippen molar-refractivity contribution in [1.29, 1.82) is 0 Å². The molecular formula is C22H39IN6O2. The topological polar surface area (TPSA) is 82.1 Å². The number of nitrogens with one attached hydrogen (secondary N) is 2. The molecule has 2 rings (SSSR count). The molecule has 0 aromatic carbocycles. The number of likely N-dealkylation sites (tertiary alicyclic amines) is 1. The Morgan fingerprint density at radius 1 is 1.29 bits per heavy atom. The third kappa shape index (κ3) is 9.08. The SMILES string of the molecule is CCNC(=NCc1ccc(N(CC)CC)nc1)N1CCC(NC(=O)OC(C)(C)C)C1.I. The summed E-state index contributed by atoms with van der Waals surface area (Å²) in [5.41, 5.74) is 0.581. The van der Waals surface area contributed by atoms with Gasteiger partial charge in [0.05, 0.1) is 12.6 Å². The van der Waals surface area contributed by atoms with Crippen LogP contribution in [-0.4, -0.2) is 66.3 Å². The van der Waals surface area contributed by atoms with Crippen LogP contribution in [0.5, 0.6) is 0 Å². The third-order valence-electron chi connectivity index (χ3n) is 4.85. The summed E-state index contributed by atoms with van der Waals surface area (Å²) in [4.78, 5) is 25.8. The van der Waals surface area contributed by atoms with Gasteiger partial charge in [0.25, 0.3) is 0 Å². The van der Waals surface area contributed by atoms with Crippen LogP contribution < -0.4 is 15.5 Å². The smallest absolute Gasteiger partial charge is 0.407 e. The Labute approximate surface area is 204 Å². The summed E-state index contributed by atoms with van der Waals surface area (Å²) in [6, 6.07) is 4.20. The minimum atomic E-state index is -0.492. The van der Waals surface area contributed by atoms with Crippen LogP contribution in [0.1, 0.15) is 53.5 Å². The van der Waals surface area contributed by atoms with Crippen LogP contribution in [-0.2, 0) is 11.3 Å².